The van der Waals surface area contributed by atoms with Crippen molar-refractivity contribution in [1.29, 1.82) is 0 Å². The standard InChI is InChI=1S/C9H6BrCl2F3/c1-4-2-5(3-6(11)7(4)12)8(10)9(13,14)15/h2-3,8H,1H3. The van der Waals surface area contributed by atoms with Crippen LogP contribution in [0.1, 0.15) is 16.0 Å². The van der Waals surface area contributed by atoms with Crippen molar-refractivity contribution >= 4 is 39.1 Å². The van der Waals surface area contributed by atoms with Crippen molar-refractivity contribution in [3.8, 4) is 0 Å². The Morgan fingerprint density at radius 1 is 1.27 bits per heavy atom. The highest BCUT2D eigenvalue weighted by Crippen LogP contribution is 2.41. The first-order valence-electron chi connectivity index (χ1n) is 3.90. The highest BCUT2D eigenvalue weighted by atomic mass is 79.9. The molecule has 1 unspecified atom stereocenters. The molecular formula is C9H6BrCl2F3. The zero-order valence-corrected chi connectivity index (χ0v) is 10.6. The number of benzene rings is 1. The number of aryl methyl sites for hydroxylation is 1. The van der Waals surface area contributed by atoms with E-state index in [2.05, 4.69) is 15.9 Å². The van der Waals surface area contributed by atoms with Crippen LogP contribution in [-0.2, 0) is 0 Å². The molecule has 0 aliphatic heterocycles. The Balaban J connectivity index is 3.17. The van der Waals surface area contributed by atoms with Gasteiger partial charge in [-0.25, -0.2) is 0 Å². The summed E-state index contributed by atoms with van der Waals surface area (Å²) >= 11 is 14.0. The van der Waals surface area contributed by atoms with E-state index in [0.717, 1.165) is 0 Å². The van der Waals surface area contributed by atoms with Crippen LogP contribution in [0.15, 0.2) is 12.1 Å². The summed E-state index contributed by atoms with van der Waals surface area (Å²) in [6.07, 6.45) is -4.34. The second kappa shape index (κ2) is 4.52. The molecule has 0 saturated carbocycles. The van der Waals surface area contributed by atoms with Crippen LogP contribution in [-0.4, -0.2) is 6.18 Å². The summed E-state index contributed by atoms with van der Waals surface area (Å²) in [5, 5.41) is 0.405. The van der Waals surface area contributed by atoms with Gasteiger partial charge in [-0.1, -0.05) is 45.2 Å². The fourth-order valence-corrected chi connectivity index (χ4v) is 1.74. The lowest BCUT2D eigenvalue weighted by Crippen LogP contribution is -2.15. The number of halogens is 6. The minimum absolute atomic E-state index is 0.0504. The van der Waals surface area contributed by atoms with E-state index in [-0.39, 0.29) is 15.6 Å². The molecule has 0 saturated heterocycles. The zero-order valence-electron chi connectivity index (χ0n) is 7.50. The van der Waals surface area contributed by atoms with Gasteiger partial charge in [-0.15, -0.1) is 0 Å². The van der Waals surface area contributed by atoms with Gasteiger partial charge in [0, 0.05) is 0 Å². The monoisotopic (exact) mass is 320 g/mol. The van der Waals surface area contributed by atoms with Crippen molar-refractivity contribution in [3.63, 3.8) is 0 Å². The summed E-state index contributed by atoms with van der Waals surface area (Å²) < 4.78 is 37.1. The molecule has 0 spiro atoms. The van der Waals surface area contributed by atoms with Crippen molar-refractivity contribution in [3.05, 3.63) is 33.3 Å². The Hall–Kier alpha value is 0.0700. The highest BCUT2D eigenvalue weighted by Gasteiger charge is 2.39. The van der Waals surface area contributed by atoms with Gasteiger partial charge in [-0.2, -0.15) is 13.2 Å². The Kier molecular flexibility index (Phi) is 3.95. The van der Waals surface area contributed by atoms with E-state index in [1.54, 1.807) is 6.92 Å². The van der Waals surface area contributed by atoms with Crippen molar-refractivity contribution in [2.24, 2.45) is 0 Å². The van der Waals surface area contributed by atoms with Gasteiger partial charge in [0.2, 0.25) is 0 Å². The van der Waals surface area contributed by atoms with Crippen LogP contribution in [0.5, 0.6) is 0 Å². The molecule has 1 aromatic rings. The van der Waals surface area contributed by atoms with Crippen LogP contribution < -0.4 is 0 Å². The molecule has 0 aliphatic rings. The maximum Gasteiger partial charge on any atom is 0.405 e. The van der Waals surface area contributed by atoms with E-state index in [9.17, 15) is 13.2 Å². The van der Waals surface area contributed by atoms with E-state index in [1.165, 1.54) is 12.1 Å². The number of hydrogen-bond acceptors (Lipinski definition) is 0. The first-order valence-corrected chi connectivity index (χ1v) is 5.57. The maximum atomic E-state index is 12.4. The Morgan fingerprint density at radius 2 is 1.80 bits per heavy atom. The lowest BCUT2D eigenvalue weighted by atomic mass is 10.1. The average molecular weight is 322 g/mol. The lowest BCUT2D eigenvalue weighted by Gasteiger charge is -2.15. The summed E-state index contributed by atoms with van der Waals surface area (Å²) in [7, 11) is 0. The van der Waals surface area contributed by atoms with Gasteiger partial charge in [0.15, 0.2) is 0 Å². The molecule has 1 aromatic carbocycles. The van der Waals surface area contributed by atoms with Crippen LogP contribution >= 0.6 is 39.1 Å². The molecule has 0 amide bonds. The molecule has 0 heterocycles. The van der Waals surface area contributed by atoms with Gasteiger partial charge in [-0.3, -0.25) is 0 Å². The van der Waals surface area contributed by atoms with Crippen molar-refractivity contribution < 1.29 is 13.2 Å². The van der Waals surface area contributed by atoms with Crippen LogP contribution in [0.4, 0.5) is 13.2 Å². The molecule has 0 aliphatic carbocycles. The van der Waals surface area contributed by atoms with Crippen LogP contribution in [0, 0.1) is 6.92 Å². The Bertz CT molecular complexity index is 353. The van der Waals surface area contributed by atoms with Crippen LogP contribution in [0.25, 0.3) is 0 Å². The van der Waals surface area contributed by atoms with Gasteiger partial charge in [0.25, 0.3) is 0 Å². The molecule has 0 N–H and O–H groups in total. The SMILES string of the molecule is Cc1cc(C(Br)C(F)(F)F)cc(Cl)c1Cl. The molecule has 0 aromatic heterocycles. The van der Waals surface area contributed by atoms with Crippen LogP contribution in [0.2, 0.25) is 10.0 Å². The molecule has 0 bridgehead atoms. The maximum absolute atomic E-state index is 12.4. The Labute approximate surface area is 103 Å². The average Bonchev–Trinajstić information content (AvgIpc) is 2.10. The van der Waals surface area contributed by atoms with Gasteiger partial charge in [0.05, 0.1) is 10.0 Å². The topological polar surface area (TPSA) is 0 Å². The summed E-state index contributed by atoms with van der Waals surface area (Å²) in [4.78, 5) is -1.72. The molecule has 6 heteroatoms. The third-order valence-electron chi connectivity index (χ3n) is 1.81. The lowest BCUT2D eigenvalue weighted by molar-refractivity contribution is -0.128. The fourth-order valence-electron chi connectivity index (χ4n) is 1.09. The van der Waals surface area contributed by atoms with E-state index in [4.69, 9.17) is 23.2 Å². The van der Waals surface area contributed by atoms with E-state index < -0.39 is 11.0 Å². The molecule has 0 radical (unpaired) electrons. The number of hydrogen-bond donors (Lipinski definition) is 0. The van der Waals surface area contributed by atoms with Crippen molar-refractivity contribution in [2.75, 3.05) is 0 Å². The molecule has 0 fully saturated rings. The molecular weight excluding hydrogens is 316 g/mol. The van der Waals surface area contributed by atoms with Gasteiger partial charge >= 0.3 is 6.18 Å². The summed E-state index contributed by atoms with van der Waals surface area (Å²) in [6, 6.07) is 2.57. The van der Waals surface area contributed by atoms with Crippen molar-refractivity contribution in [2.45, 2.75) is 17.9 Å². The Morgan fingerprint density at radius 3 is 2.20 bits per heavy atom. The summed E-state index contributed by atoms with van der Waals surface area (Å²) in [5.41, 5.74) is 0.572. The molecule has 15 heavy (non-hydrogen) atoms. The van der Waals surface area contributed by atoms with E-state index >= 15 is 0 Å². The number of alkyl halides is 4. The van der Waals surface area contributed by atoms with Crippen molar-refractivity contribution in [1.82, 2.24) is 0 Å². The number of rotatable bonds is 1. The second-order valence-electron chi connectivity index (χ2n) is 3.04. The quantitative estimate of drug-likeness (QED) is 0.616. The molecule has 1 rings (SSSR count). The van der Waals surface area contributed by atoms with Crippen LogP contribution in [0.3, 0.4) is 0 Å². The predicted molar refractivity (Wildman–Crippen MR) is 58.9 cm³/mol. The molecule has 0 nitrogen and oxygen atoms in total. The second-order valence-corrected chi connectivity index (χ2v) is 4.74. The van der Waals surface area contributed by atoms with Gasteiger partial charge in [-0.05, 0) is 24.1 Å². The van der Waals surface area contributed by atoms with Gasteiger partial charge < -0.3 is 0 Å². The van der Waals surface area contributed by atoms with Gasteiger partial charge in [0.1, 0.15) is 4.83 Å². The minimum Gasteiger partial charge on any atom is -0.169 e. The zero-order chi connectivity index (χ0) is 11.8. The minimum atomic E-state index is -4.34. The third kappa shape index (κ3) is 3.02. The first kappa shape index (κ1) is 13.1. The molecule has 1 atom stereocenters. The van der Waals surface area contributed by atoms with E-state index in [0.29, 0.717) is 5.56 Å². The molecule has 84 valence electrons. The summed E-state index contributed by atoms with van der Waals surface area (Å²) in [6.45, 7) is 1.60. The first-order chi connectivity index (χ1) is 6.73. The fraction of sp³-hybridized carbons (Fsp3) is 0.333. The van der Waals surface area contributed by atoms with E-state index in [1.807, 2.05) is 0 Å². The predicted octanol–water partition coefficient (Wildman–Crippen LogP) is 5.30. The highest BCUT2D eigenvalue weighted by molar-refractivity contribution is 9.09. The third-order valence-corrected chi connectivity index (χ3v) is 3.76. The smallest absolute Gasteiger partial charge is 0.169 e. The largest absolute Gasteiger partial charge is 0.405 e. The summed E-state index contributed by atoms with van der Waals surface area (Å²) in [5.74, 6) is 0. The normalized spacial score (nSPS) is 14.1.